The lowest BCUT2D eigenvalue weighted by atomic mass is 10.0. The van der Waals surface area contributed by atoms with E-state index in [-0.39, 0.29) is 5.97 Å². The zero-order valence-corrected chi connectivity index (χ0v) is 14.0. The van der Waals surface area contributed by atoms with Crippen molar-refractivity contribution < 1.29 is 19.0 Å². The molecule has 0 aliphatic carbocycles. The van der Waals surface area contributed by atoms with E-state index in [4.69, 9.17) is 14.2 Å². The van der Waals surface area contributed by atoms with Crippen LogP contribution in [0, 0.1) is 5.92 Å². The van der Waals surface area contributed by atoms with Gasteiger partial charge in [0.05, 0.1) is 26.4 Å². The number of ether oxygens (including phenoxy) is 3. The summed E-state index contributed by atoms with van der Waals surface area (Å²) in [7, 11) is 0. The van der Waals surface area contributed by atoms with Gasteiger partial charge in [-0.15, -0.1) is 0 Å². The first-order valence-electron chi connectivity index (χ1n) is 8.15. The molecule has 1 unspecified atom stereocenters. The Balaban J connectivity index is 3.71. The van der Waals surface area contributed by atoms with Crippen LogP contribution < -0.4 is 0 Å². The first-order valence-corrected chi connectivity index (χ1v) is 8.15. The summed E-state index contributed by atoms with van der Waals surface area (Å²) in [4.78, 5) is 11.8. The van der Waals surface area contributed by atoms with Gasteiger partial charge in [-0.1, -0.05) is 39.7 Å². The molecule has 0 saturated heterocycles. The maximum absolute atomic E-state index is 11.8. The molecule has 0 N–H and O–H groups in total. The molecule has 0 aromatic carbocycles. The third kappa shape index (κ3) is 11.5. The van der Waals surface area contributed by atoms with Gasteiger partial charge in [-0.2, -0.15) is 0 Å². The van der Waals surface area contributed by atoms with Crippen molar-refractivity contribution in [2.45, 2.75) is 52.9 Å². The maximum atomic E-state index is 11.8. The Morgan fingerprint density at radius 2 is 1.81 bits per heavy atom. The van der Waals surface area contributed by atoms with Crippen LogP contribution in [0.25, 0.3) is 0 Å². The number of hydrogen-bond donors (Lipinski definition) is 0. The molecular formula is C17H32O4. The van der Waals surface area contributed by atoms with E-state index in [1.54, 1.807) is 0 Å². The summed E-state index contributed by atoms with van der Waals surface area (Å²) in [6.07, 6.45) is 5.03. The minimum atomic E-state index is -0.293. The molecule has 0 saturated carbocycles. The van der Waals surface area contributed by atoms with Crippen molar-refractivity contribution in [3.63, 3.8) is 0 Å². The van der Waals surface area contributed by atoms with Gasteiger partial charge in [-0.25, -0.2) is 4.79 Å². The smallest absolute Gasteiger partial charge is 0.333 e. The van der Waals surface area contributed by atoms with Crippen LogP contribution in [0.5, 0.6) is 0 Å². The van der Waals surface area contributed by atoms with Gasteiger partial charge in [0.25, 0.3) is 0 Å². The van der Waals surface area contributed by atoms with E-state index in [0.717, 1.165) is 12.8 Å². The second kappa shape index (κ2) is 14.1. The van der Waals surface area contributed by atoms with Crippen LogP contribution in [-0.4, -0.2) is 39.0 Å². The van der Waals surface area contributed by atoms with Crippen molar-refractivity contribution in [1.82, 2.24) is 0 Å². The molecule has 1 atom stereocenters. The minimum absolute atomic E-state index is 0.293. The molecule has 21 heavy (non-hydrogen) atoms. The van der Waals surface area contributed by atoms with Crippen molar-refractivity contribution in [3.05, 3.63) is 12.2 Å². The summed E-state index contributed by atoms with van der Waals surface area (Å²) >= 11 is 0. The third-order valence-electron chi connectivity index (χ3n) is 3.41. The van der Waals surface area contributed by atoms with Crippen molar-refractivity contribution in [1.29, 1.82) is 0 Å². The van der Waals surface area contributed by atoms with Gasteiger partial charge in [-0.05, 0) is 19.3 Å². The molecular weight excluding hydrogens is 268 g/mol. The van der Waals surface area contributed by atoms with Gasteiger partial charge < -0.3 is 14.2 Å². The van der Waals surface area contributed by atoms with Gasteiger partial charge in [0.1, 0.15) is 0 Å². The van der Waals surface area contributed by atoms with Crippen LogP contribution in [-0.2, 0) is 19.0 Å². The normalized spacial score (nSPS) is 12.1. The lowest BCUT2D eigenvalue weighted by Crippen LogP contribution is -2.16. The fourth-order valence-corrected chi connectivity index (χ4v) is 1.86. The van der Waals surface area contributed by atoms with Gasteiger partial charge in [0.15, 0.2) is 0 Å². The Bertz CT molecular complexity index is 276. The topological polar surface area (TPSA) is 44.8 Å². The zero-order valence-electron chi connectivity index (χ0n) is 14.0. The molecule has 4 nitrogen and oxygen atoms in total. The second-order valence-corrected chi connectivity index (χ2v) is 5.18. The fraction of sp³-hybridized carbons (Fsp3) is 0.824. The highest BCUT2D eigenvalue weighted by Crippen LogP contribution is 2.14. The summed E-state index contributed by atoms with van der Waals surface area (Å²) in [5, 5.41) is 0. The van der Waals surface area contributed by atoms with Crippen LogP contribution in [0.1, 0.15) is 52.9 Å². The van der Waals surface area contributed by atoms with Crippen LogP contribution in [0.15, 0.2) is 12.2 Å². The first kappa shape index (κ1) is 20.1. The SMILES string of the molecule is C=C(CCOCCOCC)C(=O)OCC(CC)CCCC. The molecule has 0 amide bonds. The van der Waals surface area contributed by atoms with Crippen molar-refractivity contribution in [2.75, 3.05) is 33.0 Å². The summed E-state index contributed by atoms with van der Waals surface area (Å²) in [6.45, 7) is 12.8. The summed E-state index contributed by atoms with van der Waals surface area (Å²) in [5.74, 6) is 0.169. The average molecular weight is 300 g/mol. The lowest BCUT2D eigenvalue weighted by Gasteiger charge is -2.15. The predicted molar refractivity (Wildman–Crippen MR) is 85.3 cm³/mol. The quantitative estimate of drug-likeness (QED) is 0.278. The molecule has 0 bridgehead atoms. The second-order valence-electron chi connectivity index (χ2n) is 5.18. The fourth-order valence-electron chi connectivity index (χ4n) is 1.86. The number of unbranched alkanes of at least 4 members (excludes halogenated alkanes) is 1. The molecule has 124 valence electrons. The van der Waals surface area contributed by atoms with Gasteiger partial charge in [0.2, 0.25) is 0 Å². The standard InChI is InChI=1S/C17H32O4/c1-5-8-9-16(6-2)14-21-17(18)15(4)10-11-20-13-12-19-7-3/h16H,4-14H2,1-3H3. The highest BCUT2D eigenvalue weighted by atomic mass is 16.5. The molecule has 0 fully saturated rings. The number of carbonyl (C=O) groups excluding carboxylic acids is 1. The molecule has 0 aliphatic rings. The molecule has 0 spiro atoms. The van der Waals surface area contributed by atoms with Crippen LogP contribution >= 0.6 is 0 Å². The van der Waals surface area contributed by atoms with Crippen molar-refractivity contribution >= 4 is 5.97 Å². The van der Waals surface area contributed by atoms with Gasteiger partial charge >= 0.3 is 5.97 Å². The zero-order chi connectivity index (χ0) is 15.9. The third-order valence-corrected chi connectivity index (χ3v) is 3.41. The van der Waals surface area contributed by atoms with Crippen molar-refractivity contribution in [3.8, 4) is 0 Å². The van der Waals surface area contributed by atoms with Gasteiger partial charge in [0, 0.05) is 18.6 Å². The maximum Gasteiger partial charge on any atom is 0.333 e. The van der Waals surface area contributed by atoms with E-state index in [0.29, 0.717) is 50.9 Å². The Morgan fingerprint density at radius 3 is 2.43 bits per heavy atom. The monoisotopic (exact) mass is 300 g/mol. The molecule has 0 heterocycles. The van der Waals surface area contributed by atoms with Crippen LogP contribution in [0.2, 0.25) is 0 Å². The van der Waals surface area contributed by atoms with Crippen LogP contribution in [0.4, 0.5) is 0 Å². The highest BCUT2D eigenvalue weighted by Gasteiger charge is 2.12. The summed E-state index contributed by atoms with van der Waals surface area (Å²) in [6, 6.07) is 0. The number of rotatable bonds is 14. The molecule has 0 radical (unpaired) electrons. The molecule has 0 rings (SSSR count). The average Bonchev–Trinajstić information content (AvgIpc) is 2.50. The van der Waals surface area contributed by atoms with E-state index in [1.165, 1.54) is 12.8 Å². The van der Waals surface area contributed by atoms with E-state index in [1.807, 2.05) is 6.92 Å². The Morgan fingerprint density at radius 1 is 1.10 bits per heavy atom. The molecule has 4 heteroatoms. The summed E-state index contributed by atoms with van der Waals surface area (Å²) in [5.41, 5.74) is 0.483. The Hall–Kier alpha value is -0.870. The Kier molecular flexibility index (Phi) is 13.5. The lowest BCUT2D eigenvalue weighted by molar-refractivity contribution is -0.140. The largest absolute Gasteiger partial charge is 0.462 e. The van der Waals surface area contributed by atoms with E-state index < -0.39 is 0 Å². The van der Waals surface area contributed by atoms with E-state index in [2.05, 4.69) is 20.4 Å². The molecule has 0 aromatic heterocycles. The number of carbonyl (C=O) groups is 1. The number of hydrogen-bond acceptors (Lipinski definition) is 4. The van der Waals surface area contributed by atoms with E-state index >= 15 is 0 Å². The molecule has 0 aliphatic heterocycles. The first-order chi connectivity index (χ1) is 10.2. The minimum Gasteiger partial charge on any atom is -0.462 e. The summed E-state index contributed by atoms with van der Waals surface area (Å²) < 4.78 is 15.9. The van der Waals surface area contributed by atoms with Crippen LogP contribution in [0.3, 0.4) is 0 Å². The van der Waals surface area contributed by atoms with Crippen molar-refractivity contribution in [2.24, 2.45) is 5.92 Å². The Labute approximate surface area is 129 Å². The molecule has 0 aromatic rings. The predicted octanol–water partition coefficient (Wildman–Crippen LogP) is 3.75. The van der Waals surface area contributed by atoms with Gasteiger partial charge in [-0.3, -0.25) is 0 Å². The van der Waals surface area contributed by atoms with E-state index in [9.17, 15) is 4.79 Å². The number of esters is 1. The highest BCUT2D eigenvalue weighted by molar-refractivity contribution is 5.87.